The van der Waals surface area contributed by atoms with Gasteiger partial charge in [-0.25, -0.2) is 0 Å². The third-order valence-electron chi connectivity index (χ3n) is 2.71. The van der Waals surface area contributed by atoms with Crippen molar-refractivity contribution in [2.45, 2.75) is 43.6 Å². The molecule has 0 spiro atoms. The van der Waals surface area contributed by atoms with Gasteiger partial charge in [0.2, 0.25) is 0 Å². The van der Waals surface area contributed by atoms with Crippen LogP contribution in [0.4, 0.5) is 0 Å². The standard InChI is InChI=1S/4C4H7.Pb/c4*1-4(2)3;/h4*1-2H2,3H3;. The molecular weight excluding hydrogens is 399 g/mol. The molecule has 0 aliphatic heterocycles. The third kappa shape index (κ3) is 7.74. The molecule has 0 nitrogen and oxygen atoms in total. The molecule has 0 aliphatic carbocycles. The Hall–Kier alpha value is -0.118. The monoisotopic (exact) mass is 428 g/mol. The van der Waals surface area contributed by atoms with Crippen molar-refractivity contribution in [2.75, 3.05) is 0 Å². The van der Waals surface area contributed by atoms with Crippen LogP contribution in [-0.2, 0) is 0 Å². The van der Waals surface area contributed by atoms with Gasteiger partial charge in [-0.1, -0.05) is 0 Å². The van der Waals surface area contributed by atoms with E-state index in [0.29, 0.717) is 0 Å². The molecule has 96 valence electrons. The summed E-state index contributed by atoms with van der Waals surface area (Å²) in [7, 11) is 0. The van der Waals surface area contributed by atoms with Gasteiger partial charge < -0.3 is 0 Å². The van der Waals surface area contributed by atoms with Crippen LogP contribution in [0.3, 0.4) is 0 Å². The second-order valence-corrected chi connectivity index (χ2v) is 23.2. The predicted molar refractivity (Wildman–Crippen MR) is 84.2 cm³/mol. The maximum atomic E-state index is 4.13. The van der Waals surface area contributed by atoms with Crippen molar-refractivity contribution in [1.82, 2.24) is 0 Å². The Kier molecular flexibility index (Phi) is 7.30. The normalized spacial score (nSPS) is 11.1. The van der Waals surface area contributed by atoms with E-state index in [1.165, 1.54) is 38.2 Å². The van der Waals surface area contributed by atoms with Gasteiger partial charge in [0.25, 0.3) is 0 Å². The zero-order valence-electron chi connectivity index (χ0n) is 12.2. The van der Waals surface area contributed by atoms with Gasteiger partial charge in [0.05, 0.1) is 0 Å². The summed E-state index contributed by atoms with van der Waals surface area (Å²) in [6, 6.07) is 0. The van der Waals surface area contributed by atoms with Gasteiger partial charge in [0.15, 0.2) is 0 Å². The molecule has 0 aliphatic rings. The second kappa shape index (κ2) is 7.35. The average molecular weight is 428 g/mol. The number of allylic oxidation sites excluding steroid dienone is 4. The molecule has 0 aromatic rings. The van der Waals surface area contributed by atoms with Crippen LogP contribution in [0.5, 0.6) is 0 Å². The van der Waals surface area contributed by atoms with Crippen molar-refractivity contribution < 1.29 is 0 Å². The second-order valence-electron chi connectivity index (χ2n) is 6.04. The molecule has 0 saturated carbocycles. The van der Waals surface area contributed by atoms with E-state index in [-0.39, 0.29) is 0 Å². The van der Waals surface area contributed by atoms with Crippen LogP contribution in [0.2, 0.25) is 15.9 Å². The molecule has 17 heavy (non-hydrogen) atoms. The Balaban J connectivity index is 5.16. The van der Waals surface area contributed by atoms with Gasteiger partial charge >= 0.3 is 113 Å². The minimum atomic E-state index is -2.43. The van der Waals surface area contributed by atoms with E-state index in [2.05, 4.69) is 54.0 Å². The first kappa shape index (κ1) is 16.9. The van der Waals surface area contributed by atoms with E-state index in [1.807, 2.05) is 0 Å². The molecule has 0 amide bonds. The molecule has 0 atom stereocenters. The van der Waals surface area contributed by atoms with Crippen LogP contribution < -0.4 is 0 Å². The van der Waals surface area contributed by atoms with Crippen LogP contribution in [0.1, 0.15) is 27.7 Å². The molecule has 1 heteroatoms. The van der Waals surface area contributed by atoms with E-state index >= 15 is 0 Å². The minimum absolute atomic E-state index is 1.25. The fourth-order valence-electron chi connectivity index (χ4n) is 2.94. The topological polar surface area (TPSA) is 0 Å². The zero-order valence-corrected chi connectivity index (χ0v) is 16.0. The Labute approximate surface area is 113 Å². The van der Waals surface area contributed by atoms with Crippen LogP contribution in [0, 0.1) is 0 Å². The van der Waals surface area contributed by atoms with E-state index < -0.39 is 21.2 Å². The first-order chi connectivity index (χ1) is 7.67. The van der Waals surface area contributed by atoms with E-state index in [0.717, 1.165) is 0 Å². The quantitative estimate of drug-likeness (QED) is 0.342. The van der Waals surface area contributed by atoms with Crippen molar-refractivity contribution in [3.05, 3.63) is 48.6 Å². The molecule has 0 radical (unpaired) electrons. The molecule has 0 N–H and O–H groups in total. The summed E-state index contributed by atoms with van der Waals surface area (Å²) < 4.78 is 5.00. The summed E-state index contributed by atoms with van der Waals surface area (Å²) in [5.41, 5.74) is 5.32. The molecule has 0 rings (SSSR count). The zero-order chi connectivity index (χ0) is 13.6. The number of hydrogen-bond acceptors (Lipinski definition) is 0. The van der Waals surface area contributed by atoms with E-state index in [4.69, 9.17) is 0 Å². The van der Waals surface area contributed by atoms with Gasteiger partial charge in [-0.05, 0) is 0 Å². The summed E-state index contributed by atoms with van der Waals surface area (Å²) in [6.07, 6.45) is 0. The first-order valence-electron chi connectivity index (χ1n) is 6.24. The molecular formula is C16H28Pb. The third-order valence-corrected chi connectivity index (χ3v) is 23.8. The maximum absolute atomic E-state index is 4.13. The van der Waals surface area contributed by atoms with Gasteiger partial charge in [0, 0.05) is 0 Å². The molecule has 0 aromatic carbocycles. The number of rotatable bonds is 8. The molecule has 0 bridgehead atoms. The van der Waals surface area contributed by atoms with Crippen LogP contribution in [0.25, 0.3) is 0 Å². The van der Waals surface area contributed by atoms with Crippen molar-refractivity contribution in [2.24, 2.45) is 0 Å². The summed E-state index contributed by atoms with van der Waals surface area (Å²) in [5, 5.41) is 0. The summed E-state index contributed by atoms with van der Waals surface area (Å²) in [5.74, 6) is 0. The number of hydrogen-bond donors (Lipinski definition) is 0. The van der Waals surface area contributed by atoms with Gasteiger partial charge in [-0.2, -0.15) is 0 Å². The van der Waals surface area contributed by atoms with Crippen molar-refractivity contribution >= 4 is 21.2 Å². The average Bonchev–Trinajstić information content (AvgIpc) is 1.95. The Morgan fingerprint density at radius 1 is 0.588 bits per heavy atom. The Morgan fingerprint density at radius 3 is 0.882 bits per heavy atom. The van der Waals surface area contributed by atoms with Crippen molar-refractivity contribution in [3.8, 4) is 0 Å². The molecule has 0 heterocycles. The summed E-state index contributed by atoms with van der Waals surface area (Å²) >= 11 is -2.43. The first-order valence-corrected chi connectivity index (χ1v) is 17.2. The fourth-order valence-corrected chi connectivity index (χ4v) is 25.8. The van der Waals surface area contributed by atoms with Gasteiger partial charge in [-0.15, -0.1) is 0 Å². The van der Waals surface area contributed by atoms with E-state index in [1.54, 1.807) is 0 Å². The molecule has 0 saturated heterocycles. The van der Waals surface area contributed by atoms with E-state index in [9.17, 15) is 0 Å². The predicted octanol–water partition coefficient (Wildman–Crippen LogP) is 5.74. The Morgan fingerprint density at radius 2 is 0.765 bits per heavy atom. The SMILES string of the molecule is C=C(C)[CH2][Pb]([CH2]C(=C)C)([CH2]C(=C)C)[CH2]C(=C)C. The molecule has 0 fully saturated rings. The summed E-state index contributed by atoms with van der Waals surface area (Å²) in [4.78, 5) is 0. The van der Waals surface area contributed by atoms with Gasteiger partial charge in [-0.3, -0.25) is 0 Å². The van der Waals surface area contributed by atoms with Gasteiger partial charge in [0.1, 0.15) is 0 Å². The van der Waals surface area contributed by atoms with Crippen LogP contribution >= 0.6 is 0 Å². The van der Waals surface area contributed by atoms with Crippen LogP contribution in [0.15, 0.2) is 48.6 Å². The van der Waals surface area contributed by atoms with Crippen LogP contribution in [-0.4, -0.2) is 21.2 Å². The Bertz CT molecular complexity index is 264. The van der Waals surface area contributed by atoms with Crippen molar-refractivity contribution in [1.29, 1.82) is 0 Å². The molecule has 0 aromatic heterocycles. The molecule has 0 unspecified atom stereocenters. The fraction of sp³-hybridized carbons (Fsp3) is 0.500. The summed E-state index contributed by atoms with van der Waals surface area (Å²) in [6.45, 7) is 25.1. The van der Waals surface area contributed by atoms with Crippen molar-refractivity contribution in [3.63, 3.8) is 0 Å².